The molecule has 0 aromatic heterocycles. The molecular formula is C15H26N2O6. The Labute approximate surface area is 136 Å². The number of alkyl carbamates (subject to hydrolysis) is 1. The van der Waals surface area contributed by atoms with Crippen molar-refractivity contribution in [3.05, 3.63) is 0 Å². The number of hydrogen-bond donors (Lipinski definition) is 3. The summed E-state index contributed by atoms with van der Waals surface area (Å²) >= 11 is 0. The second-order valence-corrected chi connectivity index (χ2v) is 6.93. The van der Waals surface area contributed by atoms with Crippen LogP contribution >= 0.6 is 0 Å². The molecule has 132 valence electrons. The Bertz CT molecular complexity index is 454. The molecule has 1 unspecified atom stereocenters. The van der Waals surface area contributed by atoms with Crippen LogP contribution in [-0.4, -0.2) is 58.7 Å². The second kappa shape index (κ2) is 7.45. The highest BCUT2D eigenvalue weighted by atomic mass is 16.8. The highest BCUT2D eigenvalue weighted by molar-refractivity contribution is 5.68. The van der Waals surface area contributed by atoms with Crippen LogP contribution in [0.25, 0.3) is 0 Å². The van der Waals surface area contributed by atoms with Crippen molar-refractivity contribution < 1.29 is 29.2 Å². The zero-order valence-electron chi connectivity index (χ0n) is 14.2. The van der Waals surface area contributed by atoms with E-state index >= 15 is 0 Å². The molecule has 1 heterocycles. The van der Waals surface area contributed by atoms with E-state index in [-0.39, 0.29) is 6.42 Å². The fraction of sp³-hybridized carbons (Fsp3) is 0.867. The number of carbonyl (C=O) groups is 1. The molecule has 4 atom stereocenters. The lowest BCUT2D eigenvalue weighted by molar-refractivity contribution is -0.158. The van der Waals surface area contributed by atoms with Gasteiger partial charge in [-0.25, -0.2) is 4.79 Å². The van der Waals surface area contributed by atoms with Gasteiger partial charge in [-0.05, 0) is 34.6 Å². The SMILES string of the molecule is CC(C)(C)OC(=O)N[C@@H](CC#N)[C@@H]1OC(C)(C)O[C@@H]1C(O)CO. The van der Waals surface area contributed by atoms with Crippen molar-refractivity contribution >= 4 is 6.09 Å². The molecule has 8 heteroatoms. The Morgan fingerprint density at radius 1 is 1.39 bits per heavy atom. The average molecular weight is 330 g/mol. The van der Waals surface area contributed by atoms with Gasteiger partial charge in [-0.2, -0.15) is 5.26 Å². The molecule has 23 heavy (non-hydrogen) atoms. The lowest BCUT2D eigenvalue weighted by Gasteiger charge is -2.28. The number of amides is 1. The topological polar surface area (TPSA) is 121 Å². The smallest absolute Gasteiger partial charge is 0.407 e. The summed E-state index contributed by atoms with van der Waals surface area (Å²) < 4.78 is 16.5. The van der Waals surface area contributed by atoms with Gasteiger partial charge in [-0.1, -0.05) is 0 Å². The normalized spacial score (nSPS) is 26.2. The summed E-state index contributed by atoms with van der Waals surface area (Å²) in [5.74, 6) is -1.01. The standard InChI is InChI=1S/C15H26N2O6/c1-14(2,3)23-13(20)17-9(6-7-16)11-12(10(19)8-18)22-15(4,5)21-11/h9-12,18-19H,6,8H2,1-5H3,(H,17,20)/t9-,10?,11-,12+/m0/s1. The van der Waals surface area contributed by atoms with Gasteiger partial charge in [0, 0.05) is 0 Å². The maximum Gasteiger partial charge on any atom is 0.407 e. The van der Waals surface area contributed by atoms with E-state index in [9.17, 15) is 9.90 Å². The number of aliphatic hydroxyl groups is 2. The molecule has 1 rings (SSSR count). The molecule has 3 N–H and O–H groups in total. The quantitative estimate of drug-likeness (QED) is 0.677. The molecule has 1 saturated heterocycles. The van der Waals surface area contributed by atoms with Crippen LogP contribution < -0.4 is 5.32 Å². The van der Waals surface area contributed by atoms with E-state index in [0.29, 0.717) is 0 Å². The molecule has 0 aromatic rings. The Hall–Kier alpha value is -1.40. The first kappa shape index (κ1) is 19.6. The van der Waals surface area contributed by atoms with E-state index in [0.717, 1.165) is 0 Å². The van der Waals surface area contributed by atoms with E-state index < -0.39 is 48.4 Å². The molecule has 1 aliphatic rings. The third-order valence-corrected chi connectivity index (χ3v) is 3.14. The number of nitriles is 1. The highest BCUT2D eigenvalue weighted by Gasteiger charge is 2.48. The van der Waals surface area contributed by atoms with E-state index in [1.807, 2.05) is 6.07 Å². The summed E-state index contributed by atoms with van der Waals surface area (Å²) in [5.41, 5.74) is -0.683. The first-order chi connectivity index (χ1) is 10.5. The van der Waals surface area contributed by atoms with Crippen molar-refractivity contribution in [2.75, 3.05) is 6.61 Å². The van der Waals surface area contributed by atoms with Crippen molar-refractivity contribution in [2.45, 2.75) is 76.8 Å². The summed E-state index contributed by atoms with van der Waals surface area (Å²) in [6.07, 6.45) is -3.60. The first-order valence-electron chi connectivity index (χ1n) is 7.50. The van der Waals surface area contributed by atoms with Gasteiger partial charge in [0.15, 0.2) is 5.79 Å². The fourth-order valence-corrected chi connectivity index (χ4v) is 2.34. The van der Waals surface area contributed by atoms with Crippen LogP contribution in [0.1, 0.15) is 41.0 Å². The van der Waals surface area contributed by atoms with Crippen molar-refractivity contribution in [1.82, 2.24) is 5.32 Å². The Morgan fingerprint density at radius 2 is 1.96 bits per heavy atom. The van der Waals surface area contributed by atoms with Crippen molar-refractivity contribution in [2.24, 2.45) is 0 Å². The van der Waals surface area contributed by atoms with E-state index in [2.05, 4.69) is 5.32 Å². The Balaban J connectivity index is 2.89. The second-order valence-electron chi connectivity index (χ2n) is 6.93. The zero-order valence-corrected chi connectivity index (χ0v) is 14.2. The maximum absolute atomic E-state index is 12.0. The minimum atomic E-state index is -1.19. The summed E-state index contributed by atoms with van der Waals surface area (Å²) in [5, 5.41) is 30.7. The van der Waals surface area contributed by atoms with Gasteiger partial charge in [0.2, 0.25) is 0 Å². The van der Waals surface area contributed by atoms with Gasteiger partial charge in [0.1, 0.15) is 23.9 Å². The molecule has 0 aromatic carbocycles. The minimum absolute atomic E-state index is 0.0575. The fourth-order valence-electron chi connectivity index (χ4n) is 2.34. The molecule has 8 nitrogen and oxygen atoms in total. The van der Waals surface area contributed by atoms with Crippen LogP contribution in [0, 0.1) is 11.3 Å². The van der Waals surface area contributed by atoms with Gasteiger partial charge in [0.25, 0.3) is 0 Å². The molecule has 1 aliphatic heterocycles. The molecular weight excluding hydrogens is 304 g/mol. The molecule has 0 aliphatic carbocycles. The number of carbonyl (C=O) groups excluding carboxylic acids is 1. The van der Waals surface area contributed by atoms with Crippen LogP contribution in [0.5, 0.6) is 0 Å². The van der Waals surface area contributed by atoms with Gasteiger partial charge in [-0.15, -0.1) is 0 Å². The monoisotopic (exact) mass is 330 g/mol. The van der Waals surface area contributed by atoms with E-state index in [4.69, 9.17) is 24.6 Å². The van der Waals surface area contributed by atoms with E-state index in [1.165, 1.54) is 0 Å². The molecule has 0 bridgehead atoms. The zero-order chi connectivity index (χ0) is 17.8. The maximum atomic E-state index is 12.0. The first-order valence-corrected chi connectivity index (χ1v) is 7.50. The predicted molar refractivity (Wildman–Crippen MR) is 80.3 cm³/mol. The summed E-state index contributed by atoms with van der Waals surface area (Å²) in [4.78, 5) is 12.0. The van der Waals surface area contributed by atoms with Gasteiger partial charge in [-0.3, -0.25) is 0 Å². The third kappa shape index (κ3) is 5.95. The average Bonchev–Trinajstić information content (AvgIpc) is 2.71. The Kier molecular flexibility index (Phi) is 6.36. The molecule has 1 amide bonds. The van der Waals surface area contributed by atoms with Gasteiger partial charge >= 0.3 is 6.09 Å². The Morgan fingerprint density at radius 3 is 2.43 bits per heavy atom. The predicted octanol–water partition coefficient (Wildman–Crippen LogP) is 0.667. The summed E-state index contributed by atoms with van der Waals surface area (Å²) in [7, 11) is 0. The minimum Gasteiger partial charge on any atom is -0.444 e. The molecule has 1 fully saturated rings. The number of nitrogens with one attached hydrogen (secondary N) is 1. The van der Waals surface area contributed by atoms with Crippen molar-refractivity contribution in [1.29, 1.82) is 5.26 Å². The van der Waals surface area contributed by atoms with Crippen LogP contribution in [-0.2, 0) is 14.2 Å². The van der Waals surface area contributed by atoms with E-state index in [1.54, 1.807) is 34.6 Å². The largest absolute Gasteiger partial charge is 0.444 e. The van der Waals surface area contributed by atoms with Gasteiger partial charge in [0.05, 0.1) is 25.1 Å². The summed E-state index contributed by atoms with van der Waals surface area (Å²) in [6, 6.07) is 1.22. The number of nitrogens with zero attached hydrogens (tertiary/aromatic N) is 1. The van der Waals surface area contributed by atoms with Crippen molar-refractivity contribution in [3.63, 3.8) is 0 Å². The van der Waals surface area contributed by atoms with Crippen LogP contribution in [0.3, 0.4) is 0 Å². The van der Waals surface area contributed by atoms with Crippen LogP contribution in [0.2, 0.25) is 0 Å². The number of ether oxygens (including phenoxy) is 3. The summed E-state index contributed by atoms with van der Waals surface area (Å²) in [6.45, 7) is 7.96. The van der Waals surface area contributed by atoms with Crippen molar-refractivity contribution in [3.8, 4) is 6.07 Å². The third-order valence-electron chi connectivity index (χ3n) is 3.14. The molecule has 0 radical (unpaired) electrons. The highest BCUT2D eigenvalue weighted by Crippen LogP contribution is 2.32. The molecule has 0 saturated carbocycles. The lowest BCUT2D eigenvalue weighted by atomic mass is 9.99. The van der Waals surface area contributed by atoms with Crippen LogP contribution in [0.4, 0.5) is 4.79 Å². The lowest BCUT2D eigenvalue weighted by Crippen LogP contribution is -2.52. The molecule has 0 spiro atoms. The number of hydrogen-bond acceptors (Lipinski definition) is 7. The van der Waals surface area contributed by atoms with Crippen LogP contribution in [0.15, 0.2) is 0 Å². The number of rotatable bonds is 5. The van der Waals surface area contributed by atoms with Gasteiger partial charge < -0.3 is 29.7 Å². The number of aliphatic hydroxyl groups excluding tert-OH is 2.